The molecule has 1 rings (SSSR count). The van der Waals surface area contributed by atoms with E-state index in [9.17, 15) is 20.0 Å². The van der Waals surface area contributed by atoms with Crippen molar-refractivity contribution in [2.75, 3.05) is 6.61 Å². The van der Waals surface area contributed by atoms with Gasteiger partial charge >= 0.3 is 11.7 Å². The number of nitro groups is 1. The molecule has 3 N–H and O–H groups in total. The van der Waals surface area contributed by atoms with E-state index in [1.807, 2.05) is 0 Å². The molecule has 1 unspecified atom stereocenters. The summed E-state index contributed by atoms with van der Waals surface area (Å²) >= 11 is 0. The molecule has 0 spiro atoms. The molecule has 0 aliphatic carbocycles. The van der Waals surface area contributed by atoms with Crippen LogP contribution in [-0.4, -0.2) is 45.8 Å². The van der Waals surface area contributed by atoms with E-state index in [0.717, 1.165) is 0 Å². The molecular formula is C14H20N2O7. The van der Waals surface area contributed by atoms with Crippen molar-refractivity contribution in [1.82, 2.24) is 5.32 Å². The number of carboxylic acid groups (broad SMARTS) is 1. The first-order valence-corrected chi connectivity index (χ1v) is 6.81. The van der Waals surface area contributed by atoms with E-state index in [-0.39, 0.29) is 11.4 Å². The minimum Gasteiger partial charge on any atom is -0.485 e. The molecule has 0 aromatic heterocycles. The van der Waals surface area contributed by atoms with Gasteiger partial charge in [0.25, 0.3) is 0 Å². The molecule has 0 amide bonds. The van der Waals surface area contributed by atoms with Crippen molar-refractivity contribution in [1.29, 1.82) is 0 Å². The third-order valence-electron chi connectivity index (χ3n) is 2.57. The first-order chi connectivity index (χ1) is 10.6. The second-order valence-electron chi connectivity index (χ2n) is 5.68. The van der Waals surface area contributed by atoms with Gasteiger partial charge in [-0.1, -0.05) is 12.1 Å². The highest BCUT2D eigenvalue weighted by Crippen LogP contribution is 2.25. The second kappa shape index (κ2) is 7.86. The number of aliphatic carboxylic acids is 1. The Morgan fingerprint density at radius 1 is 1.39 bits per heavy atom. The van der Waals surface area contributed by atoms with Crippen LogP contribution in [0.4, 0.5) is 5.69 Å². The molecule has 128 valence electrons. The third-order valence-corrected chi connectivity index (χ3v) is 2.57. The van der Waals surface area contributed by atoms with E-state index >= 15 is 0 Å². The number of aliphatic hydroxyl groups is 1. The average molecular weight is 328 g/mol. The van der Waals surface area contributed by atoms with Crippen molar-refractivity contribution in [2.24, 2.45) is 0 Å². The lowest BCUT2D eigenvalue weighted by molar-refractivity contribution is -0.385. The van der Waals surface area contributed by atoms with Gasteiger partial charge in [-0.3, -0.25) is 20.2 Å². The third kappa shape index (κ3) is 6.59. The van der Waals surface area contributed by atoms with Crippen LogP contribution in [0.5, 0.6) is 5.75 Å². The fraction of sp³-hybridized carbons (Fsp3) is 0.500. The van der Waals surface area contributed by atoms with Crippen molar-refractivity contribution in [3.8, 4) is 5.75 Å². The lowest BCUT2D eigenvalue weighted by Crippen LogP contribution is -2.49. The Morgan fingerprint density at radius 3 is 2.52 bits per heavy atom. The quantitative estimate of drug-likeness (QED) is 0.367. The maximum atomic E-state index is 11.2. The summed E-state index contributed by atoms with van der Waals surface area (Å²) in [6.07, 6.45) is -1.52. The molecule has 0 aliphatic rings. The molecule has 9 nitrogen and oxygen atoms in total. The minimum atomic E-state index is -1.52. The summed E-state index contributed by atoms with van der Waals surface area (Å²) in [5.41, 5.74) is -0.961. The molecule has 2 atom stereocenters. The number of nitrogens with one attached hydrogen (secondary N) is 1. The van der Waals surface area contributed by atoms with Crippen LogP contribution in [0, 0.1) is 10.1 Å². The van der Waals surface area contributed by atoms with E-state index < -0.39 is 35.6 Å². The minimum absolute atomic E-state index is 0.0585. The summed E-state index contributed by atoms with van der Waals surface area (Å²) in [6.45, 7) is 4.65. The summed E-state index contributed by atoms with van der Waals surface area (Å²) in [5.74, 6) is -1.35. The Hall–Kier alpha value is -2.23. The molecule has 0 saturated carbocycles. The van der Waals surface area contributed by atoms with Crippen LogP contribution in [-0.2, 0) is 9.53 Å². The number of carboxylic acids is 1. The summed E-state index contributed by atoms with van der Waals surface area (Å²) in [7, 11) is 0. The number of hydrogen-bond acceptors (Lipinski definition) is 7. The fourth-order valence-corrected chi connectivity index (χ4v) is 1.63. The lowest BCUT2D eigenvalue weighted by atomic mass is 10.2. The topological polar surface area (TPSA) is 131 Å². The number of carbonyl (C=O) groups is 1. The normalized spacial score (nSPS) is 14.1. The van der Waals surface area contributed by atoms with Crippen LogP contribution < -0.4 is 10.1 Å². The van der Waals surface area contributed by atoms with Crippen molar-refractivity contribution in [2.45, 2.75) is 38.8 Å². The van der Waals surface area contributed by atoms with Crippen molar-refractivity contribution in [3.05, 3.63) is 34.4 Å². The monoisotopic (exact) mass is 328 g/mol. The van der Waals surface area contributed by atoms with Gasteiger partial charge in [0.15, 0.2) is 5.75 Å². The molecule has 0 heterocycles. The molecule has 0 aliphatic heterocycles. The van der Waals surface area contributed by atoms with Gasteiger partial charge in [-0.2, -0.15) is 0 Å². The number of nitrogens with zero attached hydrogens (tertiary/aromatic N) is 1. The van der Waals surface area contributed by atoms with Crippen LogP contribution in [0.2, 0.25) is 0 Å². The van der Waals surface area contributed by atoms with Gasteiger partial charge in [-0.25, -0.2) is 0 Å². The van der Waals surface area contributed by atoms with Crippen molar-refractivity contribution < 1.29 is 29.4 Å². The average Bonchev–Trinajstić information content (AvgIpc) is 2.41. The van der Waals surface area contributed by atoms with Gasteiger partial charge in [-0.05, 0) is 26.8 Å². The Labute approximate surface area is 133 Å². The predicted molar refractivity (Wildman–Crippen MR) is 80.0 cm³/mol. The summed E-state index contributed by atoms with van der Waals surface area (Å²) < 4.78 is 10.4. The number of hydrogen-bond donors (Lipinski definition) is 3. The molecule has 0 fully saturated rings. The van der Waals surface area contributed by atoms with E-state index in [4.69, 9.17) is 14.6 Å². The van der Waals surface area contributed by atoms with Crippen LogP contribution in [0.1, 0.15) is 20.8 Å². The van der Waals surface area contributed by atoms with Gasteiger partial charge in [0.1, 0.15) is 12.6 Å². The van der Waals surface area contributed by atoms with Crippen LogP contribution in [0.15, 0.2) is 24.3 Å². The van der Waals surface area contributed by atoms with Crippen molar-refractivity contribution >= 4 is 11.7 Å². The first kappa shape index (κ1) is 18.8. The second-order valence-corrected chi connectivity index (χ2v) is 5.68. The molecule has 0 bridgehead atoms. The molecular weight excluding hydrogens is 308 g/mol. The molecule has 1 aromatic carbocycles. The Kier molecular flexibility index (Phi) is 6.43. The number of para-hydroxylation sites is 2. The van der Waals surface area contributed by atoms with Crippen molar-refractivity contribution in [3.63, 3.8) is 0 Å². The van der Waals surface area contributed by atoms with E-state index in [0.29, 0.717) is 0 Å². The van der Waals surface area contributed by atoms with E-state index in [2.05, 4.69) is 5.32 Å². The maximum Gasteiger partial charge on any atom is 0.324 e. The Bertz CT molecular complexity index is 556. The number of aliphatic hydroxyl groups excluding tert-OH is 1. The molecule has 0 radical (unpaired) electrons. The van der Waals surface area contributed by atoms with E-state index in [1.165, 1.54) is 24.3 Å². The zero-order chi connectivity index (χ0) is 17.6. The number of ether oxygens (including phenoxy) is 2. The number of benzene rings is 1. The summed E-state index contributed by atoms with van der Waals surface area (Å²) in [6, 6.07) is 4.30. The highest BCUT2D eigenvalue weighted by molar-refractivity contribution is 5.73. The van der Waals surface area contributed by atoms with Crippen LogP contribution in [0.25, 0.3) is 0 Å². The standard InChI is InChI=1S/C14H20N2O7/c1-14(2,3)23-13(19)15-9(12(17)18)8-22-11-7-5-4-6-10(11)16(20)21/h4-7,9,13,15,19H,8H2,1-3H3,(H,17,18)/t9-,13?/m0/s1. The Morgan fingerprint density at radius 2 is 2.00 bits per heavy atom. The van der Waals surface area contributed by atoms with Gasteiger partial charge < -0.3 is 19.7 Å². The zero-order valence-corrected chi connectivity index (χ0v) is 13.1. The van der Waals surface area contributed by atoms with Gasteiger partial charge in [0.05, 0.1) is 10.5 Å². The molecule has 9 heteroatoms. The number of nitro benzene ring substituents is 1. The van der Waals surface area contributed by atoms with E-state index in [1.54, 1.807) is 20.8 Å². The first-order valence-electron chi connectivity index (χ1n) is 6.81. The maximum absolute atomic E-state index is 11.2. The number of rotatable bonds is 8. The molecule has 23 heavy (non-hydrogen) atoms. The summed E-state index contributed by atoms with van der Waals surface area (Å²) in [5, 5.41) is 32.0. The highest BCUT2D eigenvalue weighted by Gasteiger charge is 2.25. The SMILES string of the molecule is CC(C)(C)OC(O)N[C@@H](COc1ccccc1[N+](=O)[O-])C(=O)O. The van der Waals surface area contributed by atoms with Gasteiger partial charge in [-0.15, -0.1) is 0 Å². The largest absolute Gasteiger partial charge is 0.485 e. The van der Waals surface area contributed by atoms with Crippen LogP contribution in [0.3, 0.4) is 0 Å². The highest BCUT2D eigenvalue weighted by atomic mass is 16.6. The molecule has 1 aromatic rings. The fourth-order valence-electron chi connectivity index (χ4n) is 1.63. The zero-order valence-electron chi connectivity index (χ0n) is 13.1. The van der Waals surface area contributed by atoms with Gasteiger partial charge in [0.2, 0.25) is 6.41 Å². The smallest absolute Gasteiger partial charge is 0.324 e. The van der Waals surface area contributed by atoms with Crippen LogP contribution >= 0.6 is 0 Å². The predicted octanol–water partition coefficient (Wildman–Crippen LogP) is 1.11. The Balaban J connectivity index is 2.71. The lowest BCUT2D eigenvalue weighted by Gasteiger charge is -2.26. The molecule has 0 saturated heterocycles. The summed E-state index contributed by atoms with van der Waals surface area (Å²) in [4.78, 5) is 21.4. The van der Waals surface area contributed by atoms with Gasteiger partial charge in [0, 0.05) is 6.07 Å².